The molecule has 0 radical (unpaired) electrons. The normalized spacial score (nSPS) is 13.2. The molecule has 0 aliphatic carbocycles. The van der Waals surface area contributed by atoms with Crippen molar-refractivity contribution in [2.24, 2.45) is 0 Å². The molecule has 2 aromatic rings. The maximum absolute atomic E-state index is 12.4. The van der Waals surface area contributed by atoms with Gasteiger partial charge < -0.3 is 19.9 Å². The lowest BCUT2D eigenvalue weighted by molar-refractivity contribution is 0.233. The van der Waals surface area contributed by atoms with Crippen LogP contribution in [0.4, 0.5) is 4.79 Å². The number of carbonyl (C=O) groups excluding carboxylic acids is 1. The van der Waals surface area contributed by atoms with Crippen LogP contribution >= 0.6 is 0 Å². The molecular weight excluding hydrogens is 308 g/mol. The van der Waals surface area contributed by atoms with Crippen molar-refractivity contribution in [3.8, 4) is 5.75 Å². The largest absolute Gasteiger partial charge is 0.495 e. The fourth-order valence-electron chi connectivity index (χ4n) is 2.76. The summed E-state index contributed by atoms with van der Waals surface area (Å²) in [5, 5.41) is 9.86. The third kappa shape index (κ3) is 3.84. The molecule has 2 atom stereocenters. The predicted molar refractivity (Wildman–Crippen MR) is 89.9 cm³/mol. The van der Waals surface area contributed by atoms with Crippen molar-refractivity contribution < 1.29 is 14.1 Å². The number of urea groups is 1. The third-order valence-corrected chi connectivity index (χ3v) is 4.00. The molecule has 0 aliphatic rings. The highest BCUT2D eigenvalue weighted by molar-refractivity contribution is 5.75. The van der Waals surface area contributed by atoms with Gasteiger partial charge in [-0.25, -0.2) is 4.79 Å². The first-order valence-electron chi connectivity index (χ1n) is 7.95. The Morgan fingerprint density at radius 2 is 2.12 bits per heavy atom. The fourth-order valence-corrected chi connectivity index (χ4v) is 2.76. The minimum Gasteiger partial charge on any atom is -0.495 e. The number of aryl methyl sites for hydroxylation is 2. The summed E-state index contributed by atoms with van der Waals surface area (Å²) in [7, 11) is 1.58. The molecule has 0 spiro atoms. The zero-order chi connectivity index (χ0) is 17.7. The maximum Gasteiger partial charge on any atom is 0.315 e. The van der Waals surface area contributed by atoms with Crippen LogP contribution in [-0.4, -0.2) is 23.3 Å². The Labute approximate surface area is 141 Å². The third-order valence-electron chi connectivity index (χ3n) is 4.00. The summed E-state index contributed by atoms with van der Waals surface area (Å²) >= 11 is 0. The summed E-state index contributed by atoms with van der Waals surface area (Å²) in [5.41, 5.74) is 2.60. The Morgan fingerprint density at radius 3 is 2.71 bits per heavy atom. The van der Waals surface area contributed by atoms with Crippen molar-refractivity contribution in [3.63, 3.8) is 0 Å². The van der Waals surface area contributed by atoms with Gasteiger partial charge in [-0.15, -0.1) is 0 Å². The van der Waals surface area contributed by atoms with Gasteiger partial charge in [-0.3, -0.25) is 4.98 Å². The molecule has 2 amide bonds. The highest BCUT2D eigenvalue weighted by atomic mass is 16.5. The van der Waals surface area contributed by atoms with Crippen LogP contribution in [0.3, 0.4) is 0 Å². The quantitative estimate of drug-likeness (QED) is 0.848. The van der Waals surface area contributed by atoms with Crippen molar-refractivity contribution in [1.82, 2.24) is 20.8 Å². The number of rotatable bonds is 6. The van der Waals surface area contributed by atoms with Crippen LogP contribution in [0, 0.1) is 13.8 Å². The SMILES string of the molecule is CC[C@H](NC(=O)N[C@@H](C)c1ccncc1OC)c1c(C)noc1C. The summed E-state index contributed by atoms with van der Waals surface area (Å²) in [6, 6.07) is 1.20. The van der Waals surface area contributed by atoms with Gasteiger partial charge >= 0.3 is 6.03 Å². The molecule has 2 aromatic heterocycles. The van der Waals surface area contributed by atoms with Crippen LogP contribution in [0.2, 0.25) is 0 Å². The number of ether oxygens (including phenoxy) is 1. The van der Waals surface area contributed by atoms with E-state index in [9.17, 15) is 4.79 Å². The van der Waals surface area contributed by atoms with Crippen molar-refractivity contribution in [2.45, 2.75) is 46.2 Å². The van der Waals surface area contributed by atoms with Gasteiger partial charge in [-0.2, -0.15) is 0 Å². The highest BCUT2D eigenvalue weighted by Gasteiger charge is 2.22. The van der Waals surface area contributed by atoms with Gasteiger partial charge in [0.15, 0.2) is 0 Å². The Bertz CT molecular complexity index is 679. The van der Waals surface area contributed by atoms with Crippen molar-refractivity contribution >= 4 is 6.03 Å². The molecule has 7 nitrogen and oxygen atoms in total. The lowest BCUT2D eigenvalue weighted by Gasteiger charge is -2.21. The predicted octanol–water partition coefficient (Wildman–Crippen LogP) is 3.21. The van der Waals surface area contributed by atoms with Gasteiger partial charge in [0.1, 0.15) is 11.5 Å². The van der Waals surface area contributed by atoms with Gasteiger partial charge in [0.25, 0.3) is 0 Å². The summed E-state index contributed by atoms with van der Waals surface area (Å²) in [6.07, 6.45) is 4.04. The number of hydrogen-bond acceptors (Lipinski definition) is 5. The Hall–Kier alpha value is -2.57. The average Bonchev–Trinajstić information content (AvgIpc) is 2.91. The lowest BCUT2D eigenvalue weighted by Crippen LogP contribution is -2.39. The molecular formula is C17H24N4O3. The molecule has 0 fully saturated rings. The van der Waals surface area contributed by atoms with E-state index in [-0.39, 0.29) is 18.1 Å². The Balaban J connectivity index is 2.06. The molecule has 0 saturated carbocycles. The number of hydrogen-bond donors (Lipinski definition) is 2. The van der Waals surface area contributed by atoms with E-state index in [4.69, 9.17) is 9.26 Å². The first-order chi connectivity index (χ1) is 11.5. The number of amides is 2. The number of carbonyl (C=O) groups is 1. The zero-order valence-electron chi connectivity index (χ0n) is 14.7. The Morgan fingerprint density at radius 1 is 1.38 bits per heavy atom. The second-order valence-electron chi connectivity index (χ2n) is 5.66. The van der Waals surface area contributed by atoms with Crippen molar-refractivity contribution in [3.05, 3.63) is 41.0 Å². The fraction of sp³-hybridized carbons (Fsp3) is 0.471. The molecule has 130 valence electrons. The first kappa shape index (κ1) is 17.8. The smallest absolute Gasteiger partial charge is 0.315 e. The maximum atomic E-state index is 12.4. The van der Waals surface area contributed by atoms with E-state index < -0.39 is 0 Å². The van der Waals surface area contributed by atoms with E-state index in [1.54, 1.807) is 19.5 Å². The van der Waals surface area contributed by atoms with E-state index in [0.29, 0.717) is 5.75 Å². The summed E-state index contributed by atoms with van der Waals surface area (Å²) in [4.78, 5) is 16.4. The van der Waals surface area contributed by atoms with Crippen LogP contribution in [-0.2, 0) is 0 Å². The number of nitrogens with one attached hydrogen (secondary N) is 2. The molecule has 0 unspecified atom stereocenters. The number of pyridine rings is 1. The first-order valence-corrected chi connectivity index (χ1v) is 7.95. The monoisotopic (exact) mass is 332 g/mol. The molecule has 0 bridgehead atoms. The molecule has 0 saturated heterocycles. The molecule has 7 heteroatoms. The van der Waals surface area contributed by atoms with Crippen LogP contribution in [0.1, 0.15) is 54.9 Å². The van der Waals surface area contributed by atoms with Gasteiger partial charge in [-0.1, -0.05) is 12.1 Å². The van der Waals surface area contributed by atoms with E-state index in [1.807, 2.05) is 33.8 Å². The standard InChI is InChI=1S/C17H24N4O3/c1-6-14(16-11(3)21-24-12(16)4)20-17(22)19-10(2)13-7-8-18-9-15(13)23-5/h7-10,14H,6H2,1-5H3,(H2,19,20,22)/t10-,14-/m0/s1. The van der Waals surface area contributed by atoms with E-state index in [1.165, 1.54) is 0 Å². The van der Waals surface area contributed by atoms with Crippen LogP contribution in [0.25, 0.3) is 0 Å². The average molecular weight is 332 g/mol. The van der Waals surface area contributed by atoms with Gasteiger partial charge in [0, 0.05) is 17.3 Å². The van der Waals surface area contributed by atoms with Crippen LogP contribution in [0.15, 0.2) is 23.0 Å². The second-order valence-corrected chi connectivity index (χ2v) is 5.66. The highest BCUT2D eigenvalue weighted by Crippen LogP contribution is 2.25. The topological polar surface area (TPSA) is 89.3 Å². The van der Waals surface area contributed by atoms with E-state index >= 15 is 0 Å². The van der Waals surface area contributed by atoms with E-state index in [0.717, 1.165) is 29.0 Å². The second kappa shape index (κ2) is 7.81. The minimum atomic E-state index is -0.256. The summed E-state index contributed by atoms with van der Waals surface area (Å²) in [5.74, 6) is 1.37. The number of methoxy groups -OCH3 is 1. The van der Waals surface area contributed by atoms with Gasteiger partial charge in [0.05, 0.1) is 31.1 Å². The van der Waals surface area contributed by atoms with Crippen molar-refractivity contribution in [2.75, 3.05) is 7.11 Å². The summed E-state index contributed by atoms with van der Waals surface area (Å²) in [6.45, 7) is 7.63. The number of aromatic nitrogens is 2. The lowest BCUT2D eigenvalue weighted by atomic mass is 10.0. The molecule has 2 heterocycles. The summed E-state index contributed by atoms with van der Waals surface area (Å²) < 4.78 is 10.5. The number of nitrogens with zero attached hydrogens (tertiary/aromatic N) is 2. The molecule has 2 rings (SSSR count). The van der Waals surface area contributed by atoms with Gasteiger partial charge in [-0.05, 0) is 33.3 Å². The van der Waals surface area contributed by atoms with Gasteiger partial charge in [0.2, 0.25) is 0 Å². The molecule has 2 N–H and O–H groups in total. The molecule has 0 aromatic carbocycles. The Kier molecular flexibility index (Phi) is 5.78. The van der Waals surface area contributed by atoms with E-state index in [2.05, 4.69) is 20.8 Å². The zero-order valence-corrected chi connectivity index (χ0v) is 14.7. The van der Waals surface area contributed by atoms with Crippen molar-refractivity contribution in [1.29, 1.82) is 0 Å². The minimum absolute atomic E-state index is 0.150. The molecule has 24 heavy (non-hydrogen) atoms. The van der Waals surface area contributed by atoms with Crippen LogP contribution < -0.4 is 15.4 Å². The molecule has 0 aliphatic heterocycles. The van der Waals surface area contributed by atoms with Crippen LogP contribution in [0.5, 0.6) is 5.75 Å².